The van der Waals surface area contributed by atoms with Crippen LogP contribution in [0.2, 0.25) is 0 Å². The van der Waals surface area contributed by atoms with Crippen molar-refractivity contribution in [2.24, 2.45) is 5.73 Å². The minimum Gasteiger partial charge on any atom is -0.327 e. The molecule has 4 heteroatoms. The largest absolute Gasteiger partial charge is 0.327 e. The van der Waals surface area contributed by atoms with Crippen LogP contribution in [-0.4, -0.2) is 21.0 Å². The Hall–Kier alpha value is -0.900. The first-order chi connectivity index (χ1) is 6.84. The van der Waals surface area contributed by atoms with E-state index in [0.717, 1.165) is 19.3 Å². The molecule has 3 rings (SSSR count). The lowest BCUT2D eigenvalue weighted by Gasteiger charge is -2.28. The molecule has 0 spiro atoms. The Balaban J connectivity index is 1.93. The van der Waals surface area contributed by atoms with Gasteiger partial charge in [-0.15, -0.1) is 5.10 Å². The molecule has 2 aliphatic rings. The molecule has 0 saturated heterocycles. The van der Waals surface area contributed by atoms with Gasteiger partial charge in [0.05, 0.1) is 17.4 Å². The topological polar surface area (TPSA) is 56.7 Å². The Kier molecular flexibility index (Phi) is 1.83. The first-order valence-electron chi connectivity index (χ1n) is 5.53. The number of aromatic nitrogens is 3. The van der Waals surface area contributed by atoms with Gasteiger partial charge in [0, 0.05) is 12.5 Å². The number of hydrogen-bond acceptors (Lipinski definition) is 3. The third kappa shape index (κ3) is 1.17. The van der Waals surface area contributed by atoms with Gasteiger partial charge in [-0.05, 0) is 32.1 Å². The molecule has 1 saturated carbocycles. The summed E-state index contributed by atoms with van der Waals surface area (Å²) >= 11 is 0. The van der Waals surface area contributed by atoms with E-state index in [2.05, 4.69) is 15.0 Å². The maximum atomic E-state index is 5.97. The average Bonchev–Trinajstić information content (AvgIpc) is 2.46. The van der Waals surface area contributed by atoms with E-state index in [1.54, 1.807) is 0 Å². The van der Waals surface area contributed by atoms with Crippen LogP contribution in [0.5, 0.6) is 0 Å². The molecule has 2 aliphatic carbocycles. The number of fused-ring (bicyclic) bond motifs is 1. The molecule has 0 amide bonds. The highest BCUT2D eigenvalue weighted by atomic mass is 15.4. The quantitative estimate of drug-likeness (QED) is 0.716. The zero-order chi connectivity index (χ0) is 9.54. The van der Waals surface area contributed by atoms with Crippen molar-refractivity contribution < 1.29 is 0 Å². The van der Waals surface area contributed by atoms with Gasteiger partial charge in [-0.25, -0.2) is 4.68 Å². The summed E-state index contributed by atoms with van der Waals surface area (Å²) in [7, 11) is 0. The fourth-order valence-corrected chi connectivity index (χ4v) is 2.35. The van der Waals surface area contributed by atoms with E-state index in [4.69, 9.17) is 5.73 Å². The summed E-state index contributed by atoms with van der Waals surface area (Å²) in [5, 5.41) is 8.52. The van der Waals surface area contributed by atoms with Crippen LogP contribution >= 0.6 is 0 Å². The fraction of sp³-hybridized carbons (Fsp3) is 0.800. The number of hydrogen-bond donors (Lipinski definition) is 1. The van der Waals surface area contributed by atoms with E-state index in [-0.39, 0.29) is 0 Å². The van der Waals surface area contributed by atoms with Crippen LogP contribution < -0.4 is 5.73 Å². The molecule has 4 nitrogen and oxygen atoms in total. The average molecular weight is 192 g/mol. The second-order valence-corrected chi connectivity index (χ2v) is 4.52. The summed E-state index contributed by atoms with van der Waals surface area (Å²) < 4.78 is 2.14. The summed E-state index contributed by atoms with van der Waals surface area (Å²) in [6.07, 6.45) is 6.93. The third-order valence-electron chi connectivity index (χ3n) is 3.50. The van der Waals surface area contributed by atoms with E-state index in [0.29, 0.717) is 12.1 Å². The Bertz CT molecular complexity index is 340. The van der Waals surface area contributed by atoms with Crippen LogP contribution in [0.25, 0.3) is 0 Å². The molecule has 1 heterocycles. The smallest absolute Gasteiger partial charge is 0.0860 e. The molecule has 1 fully saturated rings. The molecule has 2 N–H and O–H groups in total. The van der Waals surface area contributed by atoms with Gasteiger partial charge in [0.25, 0.3) is 0 Å². The Morgan fingerprint density at radius 3 is 2.86 bits per heavy atom. The molecular weight excluding hydrogens is 176 g/mol. The van der Waals surface area contributed by atoms with E-state index < -0.39 is 0 Å². The minimum absolute atomic E-state index is 0.319. The first kappa shape index (κ1) is 8.41. The van der Waals surface area contributed by atoms with Gasteiger partial charge in [-0.3, -0.25) is 0 Å². The SMILES string of the molecule is N[C@@H]1CCc2nnn(C3CCC3)c2C1. The predicted octanol–water partition coefficient (Wildman–Crippen LogP) is 0.819. The lowest BCUT2D eigenvalue weighted by Crippen LogP contribution is -2.31. The van der Waals surface area contributed by atoms with Crippen LogP contribution in [0, 0.1) is 0 Å². The Morgan fingerprint density at radius 1 is 1.29 bits per heavy atom. The highest BCUT2D eigenvalue weighted by molar-refractivity contribution is 5.16. The minimum atomic E-state index is 0.319. The zero-order valence-electron chi connectivity index (χ0n) is 8.32. The lowest BCUT2D eigenvalue weighted by atomic mass is 9.91. The number of nitrogens with zero attached hydrogens (tertiary/aromatic N) is 3. The summed E-state index contributed by atoms with van der Waals surface area (Å²) in [6.45, 7) is 0. The summed E-state index contributed by atoms with van der Waals surface area (Å²) in [4.78, 5) is 0. The third-order valence-corrected chi connectivity index (χ3v) is 3.50. The van der Waals surface area contributed by atoms with Crippen molar-refractivity contribution in [3.8, 4) is 0 Å². The van der Waals surface area contributed by atoms with Crippen molar-refractivity contribution in [3.05, 3.63) is 11.4 Å². The van der Waals surface area contributed by atoms with Crippen molar-refractivity contribution in [3.63, 3.8) is 0 Å². The maximum absolute atomic E-state index is 5.97. The van der Waals surface area contributed by atoms with Crippen molar-refractivity contribution in [1.29, 1.82) is 0 Å². The van der Waals surface area contributed by atoms with Crippen molar-refractivity contribution in [2.45, 2.75) is 50.6 Å². The number of nitrogens with two attached hydrogens (primary N) is 1. The monoisotopic (exact) mass is 192 g/mol. The summed E-state index contributed by atoms with van der Waals surface area (Å²) in [5.41, 5.74) is 8.47. The van der Waals surface area contributed by atoms with E-state index in [1.165, 1.54) is 30.7 Å². The molecule has 1 atom stereocenters. The Morgan fingerprint density at radius 2 is 2.14 bits per heavy atom. The highest BCUT2D eigenvalue weighted by Crippen LogP contribution is 2.33. The lowest BCUT2D eigenvalue weighted by molar-refractivity contribution is 0.275. The molecule has 0 aliphatic heterocycles. The molecule has 76 valence electrons. The molecule has 0 unspecified atom stereocenters. The van der Waals surface area contributed by atoms with Crippen molar-refractivity contribution in [2.75, 3.05) is 0 Å². The fourth-order valence-electron chi connectivity index (χ4n) is 2.35. The number of aryl methyl sites for hydroxylation is 1. The maximum Gasteiger partial charge on any atom is 0.0860 e. The van der Waals surface area contributed by atoms with Crippen LogP contribution in [-0.2, 0) is 12.8 Å². The molecule has 0 bridgehead atoms. The molecule has 14 heavy (non-hydrogen) atoms. The van der Waals surface area contributed by atoms with Crippen LogP contribution in [0.3, 0.4) is 0 Å². The second-order valence-electron chi connectivity index (χ2n) is 4.52. The standard InChI is InChI=1S/C10H16N4/c11-7-4-5-9-10(6-7)14(13-12-9)8-2-1-3-8/h7-8H,1-6,11H2/t7-/m1/s1. The van der Waals surface area contributed by atoms with Gasteiger partial charge in [-0.1, -0.05) is 5.21 Å². The summed E-state index contributed by atoms with van der Waals surface area (Å²) in [5.74, 6) is 0. The number of rotatable bonds is 1. The molecule has 1 aromatic rings. The molecule has 0 radical (unpaired) electrons. The van der Waals surface area contributed by atoms with E-state index >= 15 is 0 Å². The van der Waals surface area contributed by atoms with Gasteiger partial charge in [0.15, 0.2) is 0 Å². The highest BCUT2D eigenvalue weighted by Gasteiger charge is 2.28. The predicted molar refractivity (Wildman–Crippen MR) is 52.9 cm³/mol. The van der Waals surface area contributed by atoms with Gasteiger partial charge >= 0.3 is 0 Å². The van der Waals surface area contributed by atoms with Crippen molar-refractivity contribution >= 4 is 0 Å². The molecule has 1 aromatic heterocycles. The van der Waals surface area contributed by atoms with Gasteiger partial charge in [0.2, 0.25) is 0 Å². The molecule has 0 aromatic carbocycles. The normalized spacial score (nSPS) is 27.1. The summed E-state index contributed by atoms with van der Waals surface area (Å²) in [6, 6.07) is 0.941. The van der Waals surface area contributed by atoms with Crippen LogP contribution in [0.15, 0.2) is 0 Å². The van der Waals surface area contributed by atoms with Gasteiger partial charge < -0.3 is 5.73 Å². The first-order valence-corrected chi connectivity index (χ1v) is 5.53. The van der Waals surface area contributed by atoms with Crippen LogP contribution in [0.4, 0.5) is 0 Å². The van der Waals surface area contributed by atoms with Gasteiger partial charge in [-0.2, -0.15) is 0 Å². The molecular formula is C10H16N4. The zero-order valence-corrected chi connectivity index (χ0v) is 8.32. The van der Waals surface area contributed by atoms with E-state index in [1.807, 2.05) is 0 Å². The Labute approximate surface area is 83.5 Å². The van der Waals surface area contributed by atoms with Crippen molar-refractivity contribution in [1.82, 2.24) is 15.0 Å². The van der Waals surface area contributed by atoms with Crippen LogP contribution in [0.1, 0.15) is 43.1 Å². The van der Waals surface area contributed by atoms with E-state index in [9.17, 15) is 0 Å². The van der Waals surface area contributed by atoms with Gasteiger partial charge in [0.1, 0.15) is 0 Å². The second kappa shape index (κ2) is 3.05.